The van der Waals surface area contributed by atoms with Crippen LogP contribution in [0.5, 0.6) is 0 Å². The number of rotatable bonds is 9. The first-order valence-electron chi connectivity index (χ1n) is 7.49. The highest BCUT2D eigenvalue weighted by molar-refractivity contribution is 6.20. The van der Waals surface area contributed by atoms with Gasteiger partial charge >= 0.3 is 0 Å². The molecule has 0 spiro atoms. The molecule has 1 atom stereocenters. The Hall–Kier alpha value is -0.540. The summed E-state index contributed by atoms with van der Waals surface area (Å²) in [5.74, 6) is 0. The Morgan fingerprint density at radius 3 is 2.42 bits per heavy atom. The molecule has 1 aromatic rings. The Balaban J connectivity index is 2.88. The summed E-state index contributed by atoms with van der Waals surface area (Å²) in [7, 11) is 0. The topological polar surface area (TPSA) is 27.1 Å². The lowest BCUT2D eigenvalue weighted by Gasteiger charge is -2.11. The van der Waals surface area contributed by atoms with Crippen LogP contribution in [-0.2, 0) is 24.1 Å². The maximum absolute atomic E-state index is 6.47. The number of hydrogen-bond acceptors (Lipinski definition) is 2. The minimum absolute atomic E-state index is 0.0789. The van der Waals surface area contributed by atoms with Gasteiger partial charge in [0.1, 0.15) is 0 Å². The highest BCUT2D eigenvalue weighted by Gasteiger charge is 2.20. The number of ether oxygens (including phenoxy) is 1. The van der Waals surface area contributed by atoms with Crippen molar-refractivity contribution in [3.8, 4) is 0 Å². The van der Waals surface area contributed by atoms with Crippen molar-refractivity contribution < 1.29 is 4.74 Å². The molecule has 19 heavy (non-hydrogen) atoms. The smallest absolute Gasteiger partial charge is 0.0671 e. The molecule has 1 heterocycles. The number of aromatic nitrogens is 2. The Labute approximate surface area is 122 Å². The number of nitrogens with zero attached hydrogens (tertiary/aromatic N) is 2. The maximum atomic E-state index is 6.47. The summed E-state index contributed by atoms with van der Waals surface area (Å²) in [6.45, 7) is 10.9. The Bertz CT molecular complexity index is 376. The average molecular weight is 287 g/mol. The first-order chi connectivity index (χ1) is 9.19. The van der Waals surface area contributed by atoms with Crippen molar-refractivity contribution in [2.24, 2.45) is 0 Å². The molecule has 3 nitrogen and oxygen atoms in total. The lowest BCUT2D eigenvalue weighted by molar-refractivity contribution is 0.123. The summed E-state index contributed by atoms with van der Waals surface area (Å²) in [4.78, 5) is 0. The van der Waals surface area contributed by atoms with Gasteiger partial charge in [0, 0.05) is 17.9 Å². The van der Waals surface area contributed by atoms with Crippen molar-refractivity contribution in [2.75, 3.05) is 13.2 Å². The SMILES string of the molecule is CCCOCCn1nc(CC)c(C(Cl)CC)c1CC. The molecule has 1 aromatic heterocycles. The van der Waals surface area contributed by atoms with Crippen LogP contribution in [0.25, 0.3) is 0 Å². The number of aryl methyl sites for hydroxylation is 1. The molecule has 0 amide bonds. The maximum Gasteiger partial charge on any atom is 0.0671 e. The summed E-state index contributed by atoms with van der Waals surface area (Å²) in [6.07, 6.45) is 3.91. The van der Waals surface area contributed by atoms with Gasteiger partial charge in [-0.25, -0.2) is 0 Å². The molecule has 0 aliphatic carbocycles. The van der Waals surface area contributed by atoms with Crippen LogP contribution < -0.4 is 0 Å². The van der Waals surface area contributed by atoms with Gasteiger partial charge in [-0.1, -0.05) is 27.7 Å². The van der Waals surface area contributed by atoms with E-state index in [-0.39, 0.29) is 5.38 Å². The van der Waals surface area contributed by atoms with Crippen molar-refractivity contribution >= 4 is 11.6 Å². The van der Waals surface area contributed by atoms with Crippen molar-refractivity contribution in [1.29, 1.82) is 0 Å². The molecule has 0 aromatic carbocycles. The zero-order valence-corrected chi connectivity index (χ0v) is 13.5. The van der Waals surface area contributed by atoms with E-state index >= 15 is 0 Å². The highest BCUT2D eigenvalue weighted by atomic mass is 35.5. The van der Waals surface area contributed by atoms with Gasteiger partial charge in [-0.15, -0.1) is 11.6 Å². The first-order valence-corrected chi connectivity index (χ1v) is 7.93. The standard InChI is InChI=1S/C15H27ClN2O/c1-5-10-19-11-9-18-14(8-4)15(12(16)6-2)13(7-3)17-18/h12H,5-11H2,1-4H3. The van der Waals surface area contributed by atoms with E-state index < -0.39 is 0 Å². The largest absolute Gasteiger partial charge is 0.380 e. The molecule has 110 valence electrons. The molecule has 0 fully saturated rings. The van der Waals surface area contributed by atoms with Crippen LogP contribution in [0.2, 0.25) is 0 Å². The van der Waals surface area contributed by atoms with E-state index in [4.69, 9.17) is 21.4 Å². The second-order valence-electron chi connectivity index (χ2n) is 4.73. The van der Waals surface area contributed by atoms with Gasteiger partial charge in [0.05, 0.1) is 24.2 Å². The second-order valence-corrected chi connectivity index (χ2v) is 5.25. The predicted octanol–water partition coefficient (Wildman–Crippen LogP) is 4.12. The minimum Gasteiger partial charge on any atom is -0.380 e. The predicted molar refractivity (Wildman–Crippen MR) is 81.0 cm³/mol. The van der Waals surface area contributed by atoms with Gasteiger partial charge in [0.25, 0.3) is 0 Å². The van der Waals surface area contributed by atoms with Crippen LogP contribution >= 0.6 is 11.6 Å². The zero-order chi connectivity index (χ0) is 14.3. The molecular weight excluding hydrogens is 260 g/mol. The highest BCUT2D eigenvalue weighted by Crippen LogP contribution is 2.31. The van der Waals surface area contributed by atoms with E-state index in [0.717, 1.165) is 51.1 Å². The third-order valence-corrected chi connectivity index (χ3v) is 3.84. The number of hydrogen-bond donors (Lipinski definition) is 0. The Morgan fingerprint density at radius 1 is 1.16 bits per heavy atom. The number of halogens is 1. The molecule has 0 saturated carbocycles. The molecule has 0 radical (unpaired) electrons. The lowest BCUT2D eigenvalue weighted by Crippen LogP contribution is -2.11. The molecule has 0 aliphatic heterocycles. The summed E-state index contributed by atoms with van der Waals surface area (Å²) < 4.78 is 7.65. The van der Waals surface area contributed by atoms with Crippen LogP contribution in [0.3, 0.4) is 0 Å². The van der Waals surface area contributed by atoms with Gasteiger partial charge in [0.15, 0.2) is 0 Å². The van der Waals surface area contributed by atoms with Gasteiger partial charge in [-0.2, -0.15) is 5.10 Å². The lowest BCUT2D eigenvalue weighted by atomic mass is 10.0. The molecule has 0 bridgehead atoms. The molecule has 0 saturated heterocycles. The van der Waals surface area contributed by atoms with E-state index in [2.05, 4.69) is 32.4 Å². The average Bonchev–Trinajstić information content (AvgIpc) is 2.80. The van der Waals surface area contributed by atoms with E-state index in [1.165, 1.54) is 11.3 Å². The summed E-state index contributed by atoms with van der Waals surface area (Å²) in [5.41, 5.74) is 3.68. The van der Waals surface area contributed by atoms with Crippen LogP contribution in [-0.4, -0.2) is 23.0 Å². The molecule has 0 aliphatic rings. The van der Waals surface area contributed by atoms with Crippen LogP contribution in [0.15, 0.2) is 0 Å². The fourth-order valence-electron chi connectivity index (χ4n) is 2.35. The molecule has 1 unspecified atom stereocenters. The summed E-state index contributed by atoms with van der Waals surface area (Å²) in [6, 6.07) is 0. The first kappa shape index (κ1) is 16.5. The van der Waals surface area contributed by atoms with Crippen molar-refractivity contribution in [3.05, 3.63) is 17.0 Å². The van der Waals surface area contributed by atoms with Crippen LogP contribution in [0, 0.1) is 0 Å². The van der Waals surface area contributed by atoms with Crippen molar-refractivity contribution in [3.63, 3.8) is 0 Å². The molecule has 1 rings (SSSR count). The van der Waals surface area contributed by atoms with E-state index in [1.54, 1.807) is 0 Å². The molecule has 4 heteroatoms. The quantitative estimate of drug-likeness (QED) is 0.504. The van der Waals surface area contributed by atoms with Crippen molar-refractivity contribution in [2.45, 2.75) is 65.3 Å². The van der Waals surface area contributed by atoms with Gasteiger partial charge < -0.3 is 4.74 Å². The molecular formula is C15H27ClN2O. The normalized spacial score (nSPS) is 12.9. The molecule has 0 N–H and O–H groups in total. The van der Waals surface area contributed by atoms with Crippen LogP contribution in [0.4, 0.5) is 0 Å². The Kier molecular flexibility index (Phi) is 7.47. The third kappa shape index (κ3) is 4.22. The van der Waals surface area contributed by atoms with Gasteiger partial charge in [0.2, 0.25) is 0 Å². The Morgan fingerprint density at radius 2 is 1.89 bits per heavy atom. The number of alkyl halides is 1. The van der Waals surface area contributed by atoms with Crippen LogP contribution in [0.1, 0.15) is 62.9 Å². The summed E-state index contributed by atoms with van der Waals surface area (Å²) >= 11 is 6.47. The fourth-order valence-corrected chi connectivity index (χ4v) is 2.60. The monoisotopic (exact) mass is 286 g/mol. The third-order valence-electron chi connectivity index (χ3n) is 3.31. The van der Waals surface area contributed by atoms with E-state index in [1.807, 2.05) is 0 Å². The van der Waals surface area contributed by atoms with Gasteiger partial charge in [-0.3, -0.25) is 4.68 Å². The fraction of sp³-hybridized carbons (Fsp3) is 0.800. The van der Waals surface area contributed by atoms with E-state index in [9.17, 15) is 0 Å². The van der Waals surface area contributed by atoms with Gasteiger partial charge in [-0.05, 0) is 25.7 Å². The van der Waals surface area contributed by atoms with Crippen molar-refractivity contribution in [1.82, 2.24) is 9.78 Å². The minimum atomic E-state index is 0.0789. The second kappa shape index (κ2) is 8.60. The zero-order valence-electron chi connectivity index (χ0n) is 12.7. The summed E-state index contributed by atoms with van der Waals surface area (Å²) in [5, 5.41) is 4.80. The van der Waals surface area contributed by atoms with E-state index in [0.29, 0.717) is 0 Å².